The first-order valence-electron chi connectivity index (χ1n) is 6.33. The molecule has 0 aliphatic rings. The van der Waals surface area contributed by atoms with E-state index in [1.165, 1.54) is 0 Å². The molecule has 2 rings (SSSR count). The molecule has 20 heavy (non-hydrogen) atoms. The zero-order chi connectivity index (χ0) is 14.5. The molecule has 6 nitrogen and oxygen atoms in total. The third-order valence-electron chi connectivity index (χ3n) is 2.79. The quantitative estimate of drug-likeness (QED) is 0.860. The molecule has 0 spiro atoms. The Morgan fingerprint density at radius 2 is 2.35 bits per heavy atom. The lowest BCUT2D eigenvalue weighted by Gasteiger charge is -2.13. The summed E-state index contributed by atoms with van der Waals surface area (Å²) in [6.07, 6.45) is 2.67. The smallest absolute Gasteiger partial charge is 0.265 e. The molecule has 0 radical (unpaired) electrons. The van der Waals surface area contributed by atoms with Gasteiger partial charge in [0.15, 0.2) is 11.9 Å². The fraction of sp³-hybridized carbons (Fsp3) is 0.286. The van der Waals surface area contributed by atoms with Crippen LogP contribution in [0.3, 0.4) is 0 Å². The van der Waals surface area contributed by atoms with Crippen LogP contribution in [-0.2, 0) is 18.4 Å². The molecule has 2 aromatic rings. The standard InChI is InChI=1S/C14H18N4O2/c1-10(20-13-8-16-18(2)9-13)14(19)17-12-5-3-4-11(6-12)7-15/h3-6,8-10H,7,15H2,1-2H3,(H,17,19). The maximum atomic E-state index is 12.0. The Bertz CT molecular complexity index is 594. The summed E-state index contributed by atoms with van der Waals surface area (Å²) in [4.78, 5) is 12.0. The predicted molar refractivity (Wildman–Crippen MR) is 76.3 cm³/mol. The van der Waals surface area contributed by atoms with E-state index in [-0.39, 0.29) is 5.91 Å². The molecule has 0 fully saturated rings. The van der Waals surface area contributed by atoms with Crippen molar-refractivity contribution in [3.05, 3.63) is 42.2 Å². The van der Waals surface area contributed by atoms with Crippen LogP contribution in [-0.4, -0.2) is 21.8 Å². The van der Waals surface area contributed by atoms with Crippen LogP contribution in [0.25, 0.3) is 0 Å². The third kappa shape index (κ3) is 3.58. The van der Waals surface area contributed by atoms with Crippen molar-refractivity contribution in [1.82, 2.24) is 9.78 Å². The van der Waals surface area contributed by atoms with Crippen LogP contribution in [0.4, 0.5) is 5.69 Å². The van der Waals surface area contributed by atoms with Crippen LogP contribution in [0.15, 0.2) is 36.7 Å². The monoisotopic (exact) mass is 274 g/mol. The maximum Gasteiger partial charge on any atom is 0.265 e. The van der Waals surface area contributed by atoms with Crippen LogP contribution < -0.4 is 15.8 Å². The number of aromatic nitrogens is 2. The number of rotatable bonds is 5. The molecule has 0 aliphatic carbocycles. The van der Waals surface area contributed by atoms with E-state index in [0.29, 0.717) is 18.0 Å². The van der Waals surface area contributed by atoms with E-state index >= 15 is 0 Å². The molecule has 0 bridgehead atoms. The summed E-state index contributed by atoms with van der Waals surface area (Å²) in [5.41, 5.74) is 7.24. The van der Waals surface area contributed by atoms with E-state index in [2.05, 4.69) is 10.4 Å². The van der Waals surface area contributed by atoms with Gasteiger partial charge in [0, 0.05) is 19.3 Å². The highest BCUT2D eigenvalue weighted by Crippen LogP contribution is 2.13. The average Bonchev–Trinajstić information content (AvgIpc) is 2.84. The molecule has 1 amide bonds. The molecule has 1 unspecified atom stereocenters. The number of carbonyl (C=O) groups is 1. The highest BCUT2D eigenvalue weighted by atomic mass is 16.5. The van der Waals surface area contributed by atoms with E-state index in [1.54, 1.807) is 31.0 Å². The zero-order valence-electron chi connectivity index (χ0n) is 11.5. The number of hydrogen-bond acceptors (Lipinski definition) is 4. The van der Waals surface area contributed by atoms with Gasteiger partial charge in [-0.25, -0.2) is 0 Å². The second kappa shape index (κ2) is 6.21. The first-order valence-corrected chi connectivity index (χ1v) is 6.33. The molecular formula is C14H18N4O2. The summed E-state index contributed by atoms with van der Waals surface area (Å²) in [6.45, 7) is 2.13. The van der Waals surface area contributed by atoms with Gasteiger partial charge in [0.05, 0.1) is 12.4 Å². The Kier molecular flexibility index (Phi) is 4.37. The second-order valence-corrected chi connectivity index (χ2v) is 4.50. The van der Waals surface area contributed by atoms with Gasteiger partial charge < -0.3 is 15.8 Å². The number of carbonyl (C=O) groups excluding carboxylic acids is 1. The van der Waals surface area contributed by atoms with Gasteiger partial charge in [-0.1, -0.05) is 12.1 Å². The van der Waals surface area contributed by atoms with Crippen LogP contribution in [0.5, 0.6) is 5.75 Å². The van der Waals surface area contributed by atoms with Gasteiger partial charge in [-0.3, -0.25) is 9.48 Å². The van der Waals surface area contributed by atoms with Crippen LogP contribution >= 0.6 is 0 Å². The SMILES string of the molecule is CC(Oc1cnn(C)c1)C(=O)Nc1cccc(CN)c1. The molecule has 106 valence electrons. The highest BCUT2D eigenvalue weighted by Gasteiger charge is 2.15. The first kappa shape index (κ1) is 14.1. The average molecular weight is 274 g/mol. The number of aryl methyl sites for hydroxylation is 1. The summed E-state index contributed by atoms with van der Waals surface area (Å²) >= 11 is 0. The fourth-order valence-corrected chi connectivity index (χ4v) is 1.74. The van der Waals surface area contributed by atoms with Gasteiger partial charge in [-0.15, -0.1) is 0 Å². The van der Waals surface area contributed by atoms with Gasteiger partial charge in [0.1, 0.15) is 0 Å². The summed E-state index contributed by atoms with van der Waals surface area (Å²) in [5.74, 6) is 0.342. The number of nitrogens with one attached hydrogen (secondary N) is 1. The molecule has 0 saturated heterocycles. The number of benzene rings is 1. The summed E-state index contributed by atoms with van der Waals surface area (Å²) in [5, 5.41) is 6.78. The Morgan fingerprint density at radius 3 is 3.00 bits per heavy atom. The predicted octanol–water partition coefficient (Wildman–Crippen LogP) is 1.28. The van der Waals surface area contributed by atoms with Gasteiger partial charge in [0.25, 0.3) is 5.91 Å². The van der Waals surface area contributed by atoms with Gasteiger partial charge in [-0.2, -0.15) is 5.10 Å². The van der Waals surface area contributed by atoms with Crippen molar-refractivity contribution in [2.45, 2.75) is 19.6 Å². The molecule has 1 atom stereocenters. The molecule has 3 N–H and O–H groups in total. The molecule has 1 heterocycles. The Labute approximate surface area is 117 Å². The summed E-state index contributed by atoms with van der Waals surface area (Å²) < 4.78 is 7.12. The molecule has 1 aromatic heterocycles. The fourth-order valence-electron chi connectivity index (χ4n) is 1.74. The lowest BCUT2D eigenvalue weighted by atomic mass is 10.2. The third-order valence-corrected chi connectivity index (χ3v) is 2.79. The Morgan fingerprint density at radius 1 is 1.55 bits per heavy atom. The molecule has 1 aromatic carbocycles. The Balaban J connectivity index is 1.96. The van der Waals surface area contributed by atoms with Gasteiger partial charge in [-0.05, 0) is 24.6 Å². The first-order chi connectivity index (χ1) is 9.58. The van der Waals surface area contributed by atoms with E-state index in [0.717, 1.165) is 5.56 Å². The molecule has 0 aliphatic heterocycles. The van der Waals surface area contributed by atoms with Crippen molar-refractivity contribution in [3.63, 3.8) is 0 Å². The normalized spacial score (nSPS) is 11.9. The van der Waals surface area contributed by atoms with Crippen molar-refractivity contribution < 1.29 is 9.53 Å². The number of amides is 1. The van der Waals surface area contributed by atoms with Crippen molar-refractivity contribution in [2.75, 3.05) is 5.32 Å². The molecular weight excluding hydrogens is 256 g/mol. The minimum atomic E-state index is -0.610. The van der Waals surface area contributed by atoms with E-state index in [9.17, 15) is 4.79 Å². The topological polar surface area (TPSA) is 82.2 Å². The second-order valence-electron chi connectivity index (χ2n) is 4.50. The van der Waals surface area contributed by atoms with Crippen LogP contribution in [0.1, 0.15) is 12.5 Å². The number of nitrogens with zero attached hydrogens (tertiary/aromatic N) is 2. The van der Waals surface area contributed by atoms with E-state index in [4.69, 9.17) is 10.5 Å². The highest BCUT2D eigenvalue weighted by molar-refractivity contribution is 5.94. The number of ether oxygens (including phenoxy) is 1. The van der Waals surface area contributed by atoms with Gasteiger partial charge >= 0.3 is 0 Å². The minimum absolute atomic E-state index is 0.219. The minimum Gasteiger partial charge on any atom is -0.478 e. The number of nitrogens with two attached hydrogens (primary N) is 1. The lowest BCUT2D eigenvalue weighted by Crippen LogP contribution is -2.30. The largest absolute Gasteiger partial charge is 0.478 e. The van der Waals surface area contributed by atoms with Crippen molar-refractivity contribution in [2.24, 2.45) is 12.8 Å². The molecule has 6 heteroatoms. The van der Waals surface area contributed by atoms with Crippen LogP contribution in [0.2, 0.25) is 0 Å². The zero-order valence-corrected chi connectivity index (χ0v) is 11.5. The summed E-state index contributed by atoms with van der Waals surface area (Å²) in [6, 6.07) is 7.41. The van der Waals surface area contributed by atoms with Crippen molar-refractivity contribution in [1.29, 1.82) is 0 Å². The Hall–Kier alpha value is -2.34. The van der Waals surface area contributed by atoms with Gasteiger partial charge in [0.2, 0.25) is 0 Å². The van der Waals surface area contributed by atoms with E-state index in [1.807, 2.05) is 24.3 Å². The lowest BCUT2D eigenvalue weighted by molar-refractivity contribution is -0.122. The number of hydrogen-bond donors (Lipinski definition) is 2. The van der Waals surface area contributed by atoms with Crippen molar-refractivity contribution in [3.8, 4) is 5.75 Å². The molecule has 0 saturated carbocycles. The maximum absolute atomic E-state index is 12.0. The van der Waals surface area contributed by atoms with Crippen LogP contribution in [0, 0.1) is 0 Å². The van der Waals surface area contributed by atoms with E-state index < -0.39 is 6.10 Å². The van der Waals surface area contributed by atoms with Crippen molar-refractivity contribution >= 4 is 11.6 Å². The number of anilines is 1. The summed E-state index contributed by atoms with van der Waals surface area (Å²) in [7, 11) is 1.79.